The summed E-state index contributed by atoms with van der Waals surface area (Å²) in [5.41, 5.74) is 2.28. The molecule has 21 heavy (non-hydrogen) atoms. The summed E-state index contributed by atoms with van der Waals surface area (Å²) in [5, 5.41) is 20.7. The van der Waals surface area contributed by atoms with Crippen LogP contribution >= 0.6 is 11.3 Å². The highest BCUT2D eigenvalue weighted by Gasteiger charge is 2.27. The van der Waals surface area contributed by atoms with Crippen molar-refractivity contribution in [1.82, 2.24) is 15.2 Å². The van der Waals surface area contributed by atoms with Gasteiger partial charge in [0.25, 0.3) is 0 Å². The number of rotatable bonds is 2. The van der Waals surface area contributed by atoms with Crippen molar-refractivity contribution < 1.29 is 4.74 Å². The van der Waals surface area contributed by atoms with Crippen LogP contribution in [0.2, 0.25) is 0 Å². The summed E-state index contributed by atoms with van der Waals surface area (Å²) in [6.45, 7) is 5.70. The first-order chi connectivity index (χ1) is 10.2. The standard InChI is InChI=1S/C14H15N5OS/c1-9-10(2)17-18-13(11(9)7-15)19-4-5-20-12(8-19)14-16-3-6-21-14/h3,6,12H,4-5,8H2,1-2H3/t12-/m0/s1. The van der Waals surface area contributed by atoms with E-state index in [4.69, 9.17) is 4.74 Å². The van der Waals surface area contributed by atoms with Gasteiger partial charge < -0.3 is 9.64 Å². The molecule has 0 unspecified atom stereocenters. The Balaban J connectivity index is 1.91. The lowest BCUT2D eigenvalue weighted by atomic mass is 10.1. The van der Waals surface area contributed by atoms with E-state index < -0.39 is 0 Å². The summed E-state index contributed by atoms with van der Waals surface area (Å²) in [4.78, 5) is 6.37. The van der Waals surface area contributed by atoms with Crippen LogP contribution in [0.25, 0.3) is 0 Å². The molecule has 1 saturated heterocycles. The molecule has 0 spiro atoms. The van der Waals surface area contributed by atoms with Gasteiger partial charge >= 0.3 is 0 Å². The number of aryl methyl sites for hydroxylation is 1. The number of morpholine rings is 1. The molecule has 0 bridgehead atoms. The molecule has 1 aliphatic rings. The highest BCUT2D eigenvalue weighted by Crippen LogP contribution is 2.28. The third-order valence-electron chi connectivity index (χ3n) is 3.64. The van der Waals surface area contributed by atoms with Gasteiger partial charge in [-0.25, -0.2) is 4.98 Å². The third kappa shape index (κ3) is 2.60. The quantitative estimate of drug-likeness (QED) is 0.844. The monoisotopic (exact) mass is 301 g/mol. The lowest BCUT2D eigenvalue weighted by Crippen LogP contribution is -2.39. The van der Waals surface area contributed by atoms with Crippen LogP contribution in [0, 0.1) is 25.2 Å². The number of aromatic nitrogens is 3. The van der Waals surface area contributed by atoms with Crippen LogP contribution in [0.4, 0.5) is 5.82 Å². The molecule has 6 nitrogen and oxygen atoms in total. The maximum absolute atomic E-state index is 9.42. The Bertz CT molecular complexity index is 679. The zero-order chi connectivity index (χ0) is 14.8. The molecule has 0 N–H and O–H groups in total. The molecular weight excluding hydrogens is 286 g/mol. The minimum Gasteiger partial charge on any atom is -0.367 e. The van der Waals surface area contributed by atoms with Crippen LogP contribution in [-0.4, -0.2) is 34.9 Å². The van der Waals surface area contributed by atoms with Gasteiger partial charge in [-0.05, 0) is 19.4 Å². The fourth-order valence-corrected chi connectivity index (χ4v) is 3.01. The molecule has 1 atom stereocenters. The van der Waals surface area contributed by atoms with E-state index in [9.17, 15) is 5.26 Å². The largest absolute Gasteiger partial charge is 0.367 e. The van der Waals surface area contributed by atoms with Crippen molar-refractivity contribution in [3.05, 3.63) is 33.4 Å². The molecule has 1 fully saturated rings. The average Bonchev–Trinajstić information content (AvgIpc) is 3.04. The molecule has 0 saturated carbocycles. The summed E-state index contributed by atoms with van der Waals surface area (Å²) >= 11 is 1.58. The van der Waals surface area contributed by atoms with Gasteiger partial charge in [0, 0.05) is 18.1 Å². The Morgan fingerprint density at radius 3 is 3.00 bits per heavy atom. The van der Waals surface area contributed by atoms with Crippen molar-refractivity contribution in [3.8, 4) is 6.07 Å². The predicted octanol–water partition coefficient (Wildman–Crippen LogP) is 2.00. The Labute approximate surface area is 127 Å². The lowest BCUT2D eigenvalue weighted by molar-refractivity contribution is 0.0393. The Morgan fingerprint density at radius 1 is 1.43 bits per heavy atom. The molecule has 2 aromatic heterocycles. The first kappa shape index (κ1) is 13.9. The fraction of sp³-hybridized carbons (Fsp3) is 0.429. The van der Waals surface area contributed by atoms with E-state index in [0.717, 1.165) is 16.3 Å². The highest BCUT2D eigenvalue weighted by atomic mass is 32.1. The van der Waals surface area contributed by atoms with Crippen LogP contribution in [0.5, 0.6) is 0 Å². The van der Waals surface area contributed by atoms with Gasteiger partial charge in [0.2, 0.25) is 0 Å². The van der Waals surface area contributed by atoms with Crippen LogP contribution in [0.3, 0.4) is 0 Å². The van der Waals surface area contributed by atoms with Gasteiger partial charge in [0.15, 0.2) is 5.82 Å². The fourth-order valence-electron chi connectivity index (χ4n) is 2.34. The van der Waals surface area contributed by atoms with Crippen LogP contribution in [0.15, 0.2) is 11.6 Å². The van der Waals surface area contributed by atoms with Gasteiger partial charge in [0.1, 0.15) is 22.7 Å². The van der Waals surface area contributed by atoms with E-state index in [2.05, 4.69) is 26.2 Å². The number of nitrogens with zero attached hydrogens (tertiary/aromatic N) is 5. The molecule has 3 heterocycles. The summed E-state index contributed by atoms with van der Waals surface area (Å²) < 4.78 is 5.78. The van der Waals surface area contributed by atoms with Gasteiger partial charge in [-0.3, -0.25) is 0 Å². The normalized spacial score (nSPS) is 18.5. The number of nitriles is 1. The maximum Gasteiger partial charge on any atom is 0.169 e. The van der Waals surface area contributed by atoms with Gasteiger partial charge in [0.05, 0.1) is 18.8 Å². The molecule has 108 valence electrons. The van der Waals surface area contributed by atoms with Gasteiger partial charge in [-0.2, -0.15) is 10.4 Å². The first-order valence-electron chi connectivity index (χ1n) is 6.70. The Kier molecular flexibility index (Phi) is 3.82. The van der Waals surface area contributed by atoms with Crippen molar-refractivity contribution in [2.75, 3.05) is 24.6 Å². The maximum atomic E-state index is 9.42. The second-order valence-electron chi connectivity index (χ2n) is 4.90. The third-order valence-corrected chi connectivity index (χ3v) is 4.51. The molecule has 0 amide bonds. The Morgan fingerprint density at radius 2 is 2.29 bits per heavy atom. The zero-order valence-electron chi connectivity index (χ0n) is 11.9. The number of hydrogen-bond acceptors (Lipinski definition) is 7. The van der Waals surface area contributed by atoms with Crippen LogP contribution < -0.4 is 4.90 Å². The van der Waals surface area contributed by atoms with E-state index in [0.29, 0.717) is 31.1 Å². The molecule has 2 aromatic rings. The molecule has 3 rings (SSSR count). The van der Waals surface area contributed by atoms with Crippen molar-refractivity contribution in [2.24, 2.45) is 0 Å². The number of thiazole rings is 1. The van der Waals surface area contributed by atoms with Crippen LogP contribution in [0.1, 0.15) is 27.9 Å². The van der Waals surface area contributed by atoms with E-state index in [1.807, 2.05) is 19.2 Å². The highest BCUT2D eigenvalue weighted by molar-refractivity contribution is 7.09. The Hall–Kier alpha value is -2.04. The predicted molar refractivity (Wildman–Crippen MR) is 79.2 cm³/mol. The lowest BCUT2D eigenvalue weighted by Gasteiger charge is -2.33. The minimum atomic E-state index is -0.0753. The molecule has 7 heteroatoms. The number of hydrogen-bond donors (Lipinski definition) is 0. The SMILES string of the molecule is Cc1nnc(N2CCO[C@H](c3nccs3)C2)c(C#N)c1C. The summed E-state index contributed by atoms with van der Waals surface area (Å²) in [6.07, 6.45) is 1.70. The van der Waals surface area contributed by atoms with E-state index >= 15 is 0 Å². The van der Waals surface area contributed by atoms with Crippen molar-refractivity contribution in [3.63, 3.8) is 0 Å². The van der Waals surface area contributed by atoms with Gasteiger partial charge in [-0.1, -0.05) is 0 Å². The molecule has 1 aliphatic heterocycles. The molecule has 0 radical (unpaired) electrons. The molecular formula is C14H15N5OS. The van der Waals surface area contributed by atoms with Crippen LogP contribution in [-0.2, 0) is 4.74 Å². The average molecular weight is 301 g/mol. The minimum absolute atomic E-state index is 0.0753. The van der Waals surface area contributed by atoms with Crippen molar-refractivity contribution in [1.29, 1.82) is 5.26 Å². The van der Waals surface area contributed by atoms with Gasteiger partial charge in [-0.15, -0.1) is 16.4 Å². The van der Waals surface area contributed by atoms with E-state index in [1.54, 1.807) is 17.5 Å². The second kappa shape index (κ2) is 5.76. The van der Waals surface area contributed by atoms with E-state index in [1.165, 1.54) is 0 Å². The second-order valence-corrected chi connectivity index (χ2v) is 5.82. The van der Waals surface area contributed by atoms with E-state index in [-0.39, 0.29) is 6.10 Å². The summed E-state index contributed by atoms with van der Waals surface area (Å²) in [5.74, 6) is 0.644. The smallest absolute Gasteiger partial charge is 0.169 e. The summed E-state index contributed by atoms with van der Waals surface area (Å²) in [6, 6.07) is 2.25. The zero-order valence-corrected chi connectivity index (χ0v) is 12.7. The summed E-state index contributed by atoms with van der Waals surface area (Å²) in [7, 11) is 0. The number of anilines is 1. The topological polar surface area (TPSA) is 74.9 Å². The molecule has 0 aromatic carbocycles. The number of ether oxygens (including phenoxy) is 1. The first-order valence-corrected chi connectivity index (χ1v) is 7.58. The van der Waals surface area contributed by atoms with Crippen molar-refractivity contribution >= 4 is 17.2 Å². The van der Waals surface area contributed by atoms with Crippen molar-refractivity contribution in [2.45, 2.75) is 20.0 Å². The molecule has 0 aliphatic carbocycles.